The number of carbonyl (C=O) groups excluding carboxylic acids is 2. The molecule has 0 aromatic rings. The SMILES string of the molecule is CC/C=C/C/C=C/C/C=C/C/C=C/C/C=C/CCCCCC(=O)OC[C@H](CO[C@H]1O[C@H](CS(=O)(=O)O)[C@@H](O)C(O)C1O)OC(=O)CCCCCCCCCC. The molecule has 1 aliphatic heterocycles. The largest absolute Gasteiger partial charge is 0.462 e. The number of aliphatic hydroxyl groups is 3. The highest BCUT2D eigenvalue weighted by Crippen LogP contribution is 2.24. The molecule has 1 aliphatic rings. The van der Waals surface area contributed by atoms with E-state index in [0.29, 0.717) is 12.8 Å². The molecule has 4 N–H and O–H groups in total. The van der Waals surface area contributed by atoms with Gasteiger partial charge in [-0.25, -0.2) is 0 Å². The Morgan fingerprint density at radius 2 is 1.15 bits per heavy atom. The van der Waals surface area contributed by atoms with Crippen molar-refractivity contribution in [3.05, 3.63) is 60.8 Å². The number of carbonyl (C=O) groups is 2. The summed E-state index contributed by atoms with van der Waals surface area (Å²) in [7, 11) is -4.60. The Hall–Kier alpha value is -2.65. The van der Waals surface area contributed by atoms with Crippen LogP contribution in [-0.4, -0.2) is 96.0 Å². The van der Waals surface area contributed by atoms with Crippen molar-refractivity contribution in [2.75, 3.05) is 19.0 Å². The van der Waals surface area contributed by atoms with E-state index in [4.69, 9.17) is 18.9 Å². The van der Waals surface area contributed by atoms with E-state index in [1.807, 2.05) is 0 Å². The van der Waals surface area contributed by atoms with Crippen molar-refractivity contribution in [3.63, 3.8) is 0 Å². The second-order valence-electron chi connectivity index (χ2n) is 13.9. The average molecular weight is 799 g/mol. The Morgan fingerprint density at radius 1 is 0.636 bits per heavy atom. The van der Waals surface area contributed by atoms with Gasteiger partial charge >= 0.3 is 11.9 Å². The number of aliphatic hydroxyl groups excluding tert-OH is 3. The Labute approximate surface area is 330 Å². The fraction of sp³-hybridized carbons (Fsp3) is 0.714. The molecule has 1 rings (SSSR count). The summed E-state index contributed by atoms with van der Waals surface area (Å²) in [5, 5.41) is 30.7. The molecule has 0 aromatic heterocycles. The van der Waals surface area contributed by atoms with Gasteiger partial charge in [-0.15, -0.1) is 0 Å². The summed E-state index contributed by atoms with van der Waals surface area (Å²) in [6.07, 6.45) is 28.7. The van der Waals surface area contributed by atoms with E-state index in [2.05, 4.69) is 74.6 Å². The maximum Gasteiger partial charge on any atom is 0.306 e. The molecule has 0 amide bonds. The number of hydrogen-bond acceptors (Lipinski definition) is 11. The third-order valence-corrected chi connectivity index (χ3v) is 9.61. The second-order valence-corrected chi connectivity index (χ2v) is 15.4. The maximum atomic E-state index is 12.7. The van der Waals surface area contributed by atoms with E-state index < -0.39 is 71.2 Å². The molecule has 0 bridgehead atoms. The van der Waals surface area contributed by atoms with Crippen LogP contribution in [0.3, 0.4) is 0 Å². The van der Waals surface area contributed by atoms with Crippen molar-refractivity contribution >= 4 is 22.1 Å². The van der Waals surface area contributed by atoms with Gasteiger partial charge in [0.15, 0.2) is 12.4 Å². The van der Waals surface area contributed by atoms with Crippen molar-refractivity contribution in [3.8, 4) is 0 Å². The van der Waals surface area contributed by atoms with E-state index in [0.717, 1.165) is 70.6 Å². The molecule has 0 aliphatic carbocycles. The van der Waals surface area contributed by atoms with Crippen LogP contribution >= 0.6 is 0 Å². The monoisotopic (exact) mass is 798 g/mol. The topological polar surface area (TPSA) is 186 Å². The van der Waals surface area contributed by atoms with Crippen molar-refractivity contribution in [2.24, 2.45) is 0 Å². The average Bonchev–Trinajstić information content (AvgIpc) is 3.14. The molecule has 0 spiro atoms. The van der Waals surface area contributed by atoms with Crippen molar-refractivity contribution in [2.45, 2.75) is 173 Å². The molecular weight excluding hydrogens is 729 g/mol. The lowest BCUT2D eigenvalue weighted by molar-refractivity contribution is -0.297. The molecule has 0 aromatic carbocycles. The van der Waals surface area contributed by atoms with Crippen LogP contribution in [0.25, 0.3) is 0 Å². The van der Waals surface area contributed by atoms with Gasteiger partial charge in [0.05, 0.1) is 6.61 Å². The zero-order valence-electron chi connectivity index (χ0n) is 33.3. The Bertz CT molecular complexity index is 1260. The van der Waals surface area contributed by atoms with E-state index in [-0.39, 0.29) is 19.4 Å². The molecule has 13 heteroatoms. The third kappa shape index (κ3) is 27.6. The van der Waals surface area contributed by atoms with E-state index >= 15 is 0 Å². The van der Waals surface area contributed by atoms with Gasteiger partial charge in [-0.3, -0.25) is 14.1 Å². The number of ether oxygens (including phenoxy) is 4. The number of allylic oxidation sites excluding steroid dienone is 10. The van der Waals surface area contributed by atoms with Gasteiger partial charge in [0, 0.05) is 12.8 Å². The normalized spacial score (nSPS) is 21.5. The van der Waals surface area contributed by atoms with Gasteiger partial charge in [-0.2, -0.15) is 8.42 Å². The lowest BCUT2D eigenvalue weighted by Crippen LogP contribution is -2.60. The molecule has 0 saturated carbocycles. The molecule has 1 heterocycles. The highest BCUT2D eigenvalue weighted by Gasteiger charge is 2.46. The van der Waals surface area contributed by atoms with Gasteiger partial charge in [0.2, 0.25) is 0 Å². The first kappa shape index (κ1) is 50.4. The highest BCUT2D eigenvalue weighted by atomic mass is 32.2. The van der Waals surface area contributed by atoms with Crippen LogP contribution in [0, 0.1) is 0 Å². The van der Waals surface area contributed by atoms with Crippen LogP contribution in [0.1, 0.15) is 136 Å². The van der Waals surface area contributed by atoms with Gasteiger partial charge in [-0.05, 0) is 57.8 Å². The first-order valence-corrected chi connectivity index (χ1v) is 22.0. The summed E-state index contributed by atoms with van der Waals surface area (Å²) in [5.74, 6) is -2.04. The first-order valence-electron chi connectivity index (χ1n) is 20.3. The smallest absolute Gasteiger partial charge is 0.306 e. The number of rotatable bonds is 32. The summed E-state index contributed by atoms with van der Waals surface area (Å²) in [5.41, 5.74) is 0. The predicted molar refractivity (Wildman–Crippen MR) is 215 cm³/mol. The second kappa shape index (κ2) is 32.4. The summed E-state index contributed by atoms with van der Waals surface area (Å²) in [6.45, 7) is 3.54. The van der Waals surface area contributed by atoms with Crippen molar-refractivity contribution in [1.29, 1.82) is 0 Å². The zero-order valence-corrected chi connectivity index (χ0v) is 34.1. The van der Waals surface area contributed by atoms with Crippen LogP contribution in [0.2, 0.25) is 0 Å². The molecule has 1 saturated heterocycles. The third-order valence-electron chi connectivity index (χ3n) is 8.86. The summed E-state index contributed by atoms with van der Waals surface area (Å²) >= 11 is 0. The minimum Gasteiger partial charge on any atom is -0.462 e. The quantitative estimate of drug-likeness (QED) is 0.0229. The summed E-state index contributed by atoms with van der Waals surface area (Å²) in [4.78, 5) is 25.2. The molecule has 2 unspecified atom stereocenters. The number of hydrogen-bond donors (Lipinski definition) is 4. The molecule has 55 heavy (non-hydrogen) atoms. The van der Waals surface area contributed by atoms with Gasteiger partial charge in [-0.1, -0.05) is 126 Å². The van der Waals surface area contributed by atoms with E-state index in [1.54, 1.807) is 0 Å². The molecule has 1 fully saturated rings. The summed E-state index contributed by atoms with van der Waals surface area (Å²) in [6, 6.07) is 0. The standard InChI is InChI=1S/C42H70O12S/c1-3-5-7-9-11-13-14-15-16-17-18-19-20-21-22-23-25-26-28-30-37(43)51-32-35(53-38(44)31-29-27-24-12-10-8-6-4-2)33-52-42-41(47)40(46)39(45)36(54-42)34-55(48,49)50/h5,7,11,13,15-16,18-19,21-22,35-36,39-42,45-47H,3-4,6,8-10,12,14,17,20,23-34H2,1-2H3,(H,48,49,50)/b7-5+,13-11+,16-15+,19-18+,22-21+/t35-,36-,39-,40?,41?,42+/m1/s1. The Morgan fingerprint density at radius 3 is 1.71 bits per heavy atom. The van der Waals surface area contributed by atoms with Crippen LogP contribution < -0.4 is 0 Å². The molecule has 0 radical (unpaired) electrons. The van der Waals surface area contributed by atoms with E-state index in [1.165, 1.54) is 25.7 Å². The van der Waals surface area contributed by atoms with E-state index in [9.17, 15) is 37.9 Å². The number of esters is 2. The first-order chi connectivity index (χ1) is 26.5. The van der Waals surface area contributed by atoms with Crippen LogP contribution in [0.4, 0.5) is 0 Å². The Kier molecular flexibility index (Phi) is 29.7. The van der Waals surface area contributed by atoms with Gasteiger partial charge < -0.3 is 34.3 Å². The number of unbranched alkanes of at least 4 members (excludes halogenated alkanes) is 10. The van der Waals surface area contributed by atoms with Crippen LogP contribution in [-0.2, 0) is 38.7 Å². The lowest BCUT2D eigenvalue weighted by atomic mass is 10.00. The van der Waals surface area contributed by atoms with Gasteiger partial charge in [0.25, 0.3) is 10.1 Å². The molecule has 6 atom stereocenters. The van der Waals surface area contributed by atoms with Crippen LogP contribution in [0.5, 0.6) is 0 Å². The zero-order chi connectivity index (χ0) is 40.6. The molecular formula is C42H70O12S. The fourth-order valence-corrected chi connectivity index (χ4v) is 6.39. The maximum absolute atomic E-state index is 12.7. The van der Waals surface area contributed by atoms with Gasteiger partial charge in [0.1, 0.15) is 36.8 Å². The van der Waals surface area contributed by atoms with Crippen LogP contribution in [0.15, 0.2) is 60.8 Å². The van der Waals surface area contributed by atoms with Crippen molar-refractivity contribution < 1.29 is 56.8 Å². The Balaban J connectivity index is 2.47. The molecule has 316 valence electrons. The highest BCUT2D eigenvalue weighted by molar-refractivity contribution is 7.85. The fourth-order valence-electron chi connectivity index (χ4n) is 5.70. The minimum absolute atomic E-state index is 0.154. The minimum atomic E-state index is -4.60. The lowest BCUT2D eigenvalue weighted by Gasteiger charge is -2.40. The predicted octanol–water partition coefficient (Wildman–Crippen LogP) is 7.39. The van der Waals surface area contributed by atoms with Crippen molar-refractivity contribution in [1.82, 2.24) is 0 Å². The summed E-state index contributed by atoms with van der Waals surface area (Å²) < 4.78 is 53.7. The molecule has 12 nitrogen and oxygen atoms in total.